The number of rotatable bonds is 2. The maximum atomic E-state index is 13.5. The molecule has 82 valence electrons. The molecule has 0 aliphatic heterocycles. The highest BCUT2D eigenvalue weighted by atomic mass is 79.9. The molecule has 2 aromatic rings. The van der Waals surface area contributed by atoms with E-state index in [2.05, 4.69) is 25.9 Å². The van der Waals surface area contributed by atoms with Gasteiger partial charge in [0, 0.05) is 16.9 Å². The summed E-state index contributed by atoms with van der Waals surface area (Å²) in [5.41, 5.74) is 0. The van der Waals surface area contributed by atoms with E-state index >= 15 is 0 Å². The monoisotopic (exact) mass is 318 g/mol. The molecule has 0 unspecified atom stereocenters. The molecule has 0 aromatic carbocycles. The third-order valence-electron chi connectivity index (χ3n) is 1.69. The highest BCUT2D eigenvalue weighted by Crippen LogP contribution is 2.31. The standard InChI is InChI=1S/C10H5BrClFN2S/c11-6-4-8(13)10(15-5-6)16-9-7(12)2-1-3-14-9/h1-5H. The zero-order valence-corrected chi connectivity index (χ0v) is 11.0. The lowest BCUT2D eigenvalue weighted by Gasteiger charge is -2.03. The van der Waals surface area contributed by atoms with Crippen LogP contribution in [0.2, 0.25) is 5.02 Å². The first-order chi connectivity index (χ1) is 7.66. The molecule has 0 aliphatic carbocycles. The average molecular weight is 320 g/mol. The molecule has 0 N–H and O–H groups in total. The third-order valence-corrected chi connectivity index (χ3v) is 3.56. The lowest BCUT2D eigenvalue weighted by Crippen LogP contribution is -1.88. The summed E-state index contributed by atoms with van der Waals surface area (Å²) >= 11 is 10.2. The molecule has 0 radical (unpaired) electrons. The molecule has 2 rings (SSSR count). The van der Waals surface area contributed by atoms with Crippen LogP contribution in [-0.2, 0) is 0 Å². The van der Waals surface area contributed by atoms with Crippen molar-refractivity contribution in [3.8, 4) is 0 Å². The molecule has 16 heavy (non-hydrogen) atoms. The van der Waals surface area contributed by atoms with E-state index in [9.17, 15) is 4.39 Å². The second-order valence-corrected chi connectivity index (χ2v) is 5.13. The molecule has 0 saturated carbocycles. The van der Waals surface area contributed by atoms with Gasteiger partial charge in [0.2, 0.25) is 0 Å². The second kappa shape index (κ2) is 5.12. The molecule has 2 nitrogen and oxygen atoms in total. The van der Waals surface area contributed by atoms with Crippen molar-refractivity contribution in [1.29, 1.82) is 0 Å². The summed E-state index contributed by atoms with van der Waals surface area (Å²) in [6.07, 6.45) is 3.13. The topological polar surface area (TPSA) is 25.8 Å². The summed E-state index contributed by atoms with van der Waals surface area (Å²) in [7, 11) is 0. The van der Waals surface area contributed by atoms with Crippen LogP contribution in [0.3, 0.4) is 0 Å². The Balaban J connectivity index is 2.31. The molecule has 0 saturated heterocycles. The Morgan fingerprint density at radius 1 is 1.31 bits per heavy atom. The zero-order valence-electron chi connectivity index (χ0n) is 7.82. The van der Waals surface area contributed by atoms with Gasteiger partial charge in [-0.25, -0.2) is 14.4 Å². The van der Waals surface area contributed by atoms with Crippen LogP contribution in [0.25, 0.3) is 0 Å². The molecular weight excluding hydrogens is 315 g/mol. The van der Waals surface area contributed by atoms with E-state index in [0.29, 0.717) is 14.5 Å². The van der Waals surface area contributed by atoms with Crippen molar-refractivity contribution in [2.75, 3.05) is 0 Å². The first kappa shape index (κ1) is 11.8. The highest BCUT2D eigenvalue weighted by Gasteiger charge is 2.09. The van der Waals surface area contributed by atoms with Crippen LogP contribution in [0.5, 0.6) is 0 Å². The van der Waals surface area contributed by atoms with Crippen molar-refractivity contribution in [3.63, 3.8) is 0 Å². The van der Waals surface area contributed by atoms with E-state index in [4.69, 9.17) is 11.6 Å². The summed E-state index contributed by atoms with van der Waals surface area (Å²) in [6.45, 7) is 0. The fourth-order valence-electron chi connectivity index (χ4n) is 1.02. The van der Waals surface area contributed by atoms with Crippen molar-refractivity contribution in [1.82, 2.24) is 9.97 Å². The minimum Gasteiger partial charge on any atom is -0.248 e. The maximum absolute atomic E-state index is 13.5. The first-order valence-electron chi connectivity index (χ1n) is 4.26. The van der Waals surface area contributed by atoms with Gasteiger partial charge in [-0.3, -0.25) is 0 Å². The number of aromatic nitrogens is 2. The summed E-state index contributed by atoms with van der Waals surface area (Å²) in [4.78, 5) is 8.01. The SMILES string of the molecule is Fc1cc(Br)cnc1Sc1ncccc1Cl. The lowest BCUT2D eigenvalue weighted by atomic mass is 10.5. The fraction of sp³-hybridized carbons (Fsp3) is 0. The Morgan fingerprint density at radius 2 is 2.12 bits per heavy atom. The van der Waals surface area contributed by atoms with Crippen LogP contribution in [0.4, 0.5) is 4.39 Å². The fourth-order valence-corrected chi connectivity index (χ4v) is 2.28. The van der Waals surface area contributed by atoms with Crippen molar-refractivity contribution >= 4 is 39.3 Å². The van der Waals surface area contributed by atoms with Gasteiger partial charge in [0.1, 0.15) is 10.1 Å². The van der Waals surface area contributed by atoms with Gasteiger partial charge < -0.3 is 0 Å². The maximum Gasteiger partial charge on any atom is 0.156 e. The molecular formula is C10H5BrClFN2S. The Kier molecular flexibility index (Phi) is 3.78. The number of nitrogens with zero attached hydrogens (tertiary/aromatic N) is 2. The second-order valence-electron chi connectivity index (χ2n) is 2.83. The molecule has 2 aromatic heterocycles. The van der Waals surface area contributed by atoms with Gasteiger partial charge >= 0.3 is 0 Å². The Labute approximate surface area is 109 Å². The van der Waals surface area contributed by atoms with Crippen molar-refractivity contribution in [3.05, 3.63) is 45.9 Å². The molecule has 0 amide bonds. The van der Waals surface area contributed by atoms with Gasteiger partial charge in [0.25, 0.3) is 0 Å². The van der Waals surface area contributed by atoms with E-state index in [1.54, 1.807) is 18.3 Å². The van der Waals surface area contributed by atoms with E-state index < -0.39 is 5.82 Å². The number of halogens is 3. The van der Waals surface area contributed by atoms with Crippen molar-refractivity contribution in [2.24, 2.45) is 0 Å². The minimum absolute atomic E-state index is 0.254. The Bertz CT molecular complexity index is 524. The van der Waals surface area contributed by atoms with Crippen molar-refractivity contribution < 1.29 is 4.39 Å². The lowest BCUT2D eigenvalue weighted by molar-refractivity contribution is 0.586. The normalized spacial score (nSPS) is 10.4. The minimum atomic E-state index is -0.402. The summed E-state index contributed by atoms with van der Waals surface area (Å²) in [6, 6.07) is 4.78. The smallest absolute Gasteiger partial charge is 0.156 e. The quantitative estimate of drug-likeness (QED) is 0.830. The predicted octanol–water partition coefficient (Wildman–Crippen LogP) is 4.18. The first-order valence-corrected chi connectivity index (χ1v) is 6.25. The van der Waals surface area contributed by atoms with Crippen molar-refractivity contribution in [2.45, 2.75) is 10.1 Å². The van der Waals surface area contributed by atoms with E-state index in [1.807, 2.05) is 0 Å². The highest BCUT2D eigenvalue weighted by molar-refractivity contribution is 9.10. The van der Waals surface area contributed by atoms with Crippen LogP contribution >= 0.6 is 39.3 Å². The largest absolute Gasteiger partial charge is 0.248 e. The van der Waals surface area contributed by atoms with E-state index in [0.717, 1.165) is 11.8 Å². The Hall–Kier alpha value is -0.650. The molecule has 0 atom stereocenters. The van der Waals surface area contributed by atoms with Gasteiger partial charge in [0.05, 0.1) is 5.02 Å². The molecule has 0 aliphatic rings. The van der Waals surface area contributed by atoms with Crippen LogP contribution < -0.4 is 0 Å². The summed E-state index contributed by atoms with van der Waals surface area (Å²) in [5, 5.41) is 1.28. The molecule has 0 bridgehead atoms. The molecule has 0 fully saturated rings. The molecule has 0 spiro atoms. The van der Waals surface area contributed by atoms with Crippen LogP contribution in [-0.4, -0.2) is 9.97 Å². The number of pyridine rings is 2. The molecule has 6 heteroatoms. The third kappa shape index (κ3) is 2.72. The summed E-state index contributed by atoms with van der Waals surface area (Å²) < 4.78 is 14.1. The number of hydrogen-bond donors (Lipinski definition) is 0. The average Bonchev–Trinajstić information content (AvgIpc) is 2.25. The van der Waals surface area contributed by atoms with Gasteiger partial charge in [-0.05, 0) is 45.9 Å². The van der Waals surface area contributed by atoms with Crippen LogP contribution in [0.15, 0.2) is 45.1 Å². The van der Waals surface area contributed by atoms with Crippen LogP contribution in [0.1, 0.15) is 0 Å². The zero-order chi connectivity index (χ0) is 11.5. The predicted molar refractivity (Wildman–Crippen MR) is 65.3 cm³/mol. The Morgan fingerprint density at radius 3 is 2.81 bits per heavy atom. The van der Waals surface area contributed by atoms with Gasteiger partial charge in [-0.2, -0.15) is 0 Å². The van der Waals surface area contributed by atoms with Gasteiger partial charge in [0.15, 0.2) is 5.82 Å². The van der Waals surface area contributed by atoms with E-state index in [-0.39, 0.29) is 5.03 Å². The molecule has 2 heterocycles. The van der Waals surface area contributed by atoms with E-state index in [1.165, 1.54) is 12.3 Å². The number of hydrogen-bond acceptors (Lipinski definition) is 3. The van der Waals surface area contributed by atoms with Crippen LogP contribution in [0, 0.1) is 5.82 Å². The van der Waals surface area contributed by atoms with Gasteiger partial charge in [-0.1, -0.05) is 11.6 Å². The van der Waals surface area contributed by atoms with Gasteiger partial charge in [-0.15, -0.1) is 0 Å². The summed E-state index contributed by atoms with van der Waals surface area (Å²) in [5.74, 6) is -0.402.